The summed E-state index contributed by atoms with van der Waals surface area (Å²) >= 11 is 0. The number of nitrogens with zero attached hydrogens (tertiary/aromatic N) is 3. The largest absolute Gasteiger partial charge is 0.309 e. The van der Waals surface area contributed by atoms with Gasteiger partial charge in [0.25, 0.3) is 0 Å². The lowest BCUT2D eigenvalue weighted by Gasteiger charge is -2.15. The first-order valence-electron chi connectivity index (χ1n) is 15.9. The van der Waals surface area contributed by atoms with Crippen molar-refractivity contribution in [2.45, 2.75) is 11.5 Å². The van der Waals surface area contributed by atoms with E-state index in [4.69, 9.17) is 0 Å². The number of fused-ring (bicyclic) bond motifs is 6. The summed E-state index contributed by atoms with van der Waals surface area (Å²) in [5.41, 5.74) is 12.9. The van der Waals surface area contributed by atoms with Crippen molar-refractivity contribution in [1.29, 1.82) is 0 Å². The molecule has 4 heterocycles. The highest BCUT2D eigenvalue weighted by Crippen LogP contribution is 2.40. The second-order valence-electron chi connectivity index (χ2n) is 12.4. The van der Waals surface area contributed by atoms with Gasteiger partial charge in [0.1, 0.15) is 0 Å². The summed E-state index contributed by atoms with van der Waals surface area (Å²) in [6, 6.07) is 43.8. The summed E-state index contributed by atoms with van der Waals surface area (Å²) in [5, 5.41) is 2.34. The maximum Gasteiger partial charge on any atom is 0.158 e. The predicted molar refractivity (Wildman–Crippen MR) is 194 cm³/mol. The SMILES string of the molecule is O=S1(=O)Cc2cc(-n3c4ccccc4c4ccccc43)ccc2-c2cc(-c3cc(-c4cccnc4)cc(-c4cccnc4)c3)ccc2C1. The van der Waals surface area contributed by atoms with Gasteiger partial charge in [0.05, 0.1) is 22.5 Å². The Bertz CT molecular complexity index is 2520. The van der Waals surface area contributed by atoms with Crippen LogP contribution in [0, 0.1) is 0 Å². The van der Waals surface area contributed by atoms with Crippen LogP contribution in [-0.4, -0.2) is 23.0 Å². The van der Waals surface area contributed by atoms with Gasteiger partial charge in [0.2, 0.25) is 0 Å². The Labute approximate surface area is 278 Å². The Morgan fingerprint density at radius 2 is 1.06 bits per heavy atom. The Kier molecular flexibility index (Phi) is 6.59. The smallest absolute Gasteiger partial charge is 0.158 e. The minimum absolute atomic E-state index is 0.00132. The number of hydrogen-bond acceptors (Lipinski definition) is 4. The van der Waals surface area contributed by atoms with E-state index in [-0.39, 0.29) is 11.5 Å². The molecule has 0 amide bonds. The maximum absolute atomic E-state index is 13.6. The van der Waals surface area contributed by atoms with E-state index in [0.717, 1.165) is 72.4 Å². The van der Waals surface area contributed by atoms with Crippen molar-refractivity contribution in [2.24, 2.45) is 0 Å². The summed E-state index contributed by atoms with van der Waals surface area (Å²) in [5.74, 6) is -0.0162. The third kappa shape index (κ3) is 4.89. The van der Waals surface area contributed by atoms with Crippen LogP contribution in [0.2, 0.25) is 0 Å². The molecule has 0 N–H and O–H groups in total. The fourth-order valence-corrected chi connectivity index (χ4v) is 8.69. The topological polar surface area (TPSA) is 64.8 Å². The fourth-order valence-electron chi connectivity index (χ4n) is 7.15. The van der Waals surface area contributed by atoms with E-state index in [1.807, 2.05) is 48.8 Å². The zero-order valence-electron chi connectivity index (χ0n) is 25.9. The van der Waals surface area contributed by atoms with Crippen LogP contribution in [0.5, 0.6) is 0 Å². The molecule has 3 aromatic heterocycles. The molecule has 8 aromatic rings. The van der Waals surface area contributed by atoms with E-state index in [2.05, 4.69) is 106 Å². The minimum atomic E-state index is -3.40. The van der Waals surface area contributed by atoms with Gasteiger partial charge in [0, 0.05) is 52.4 Å². The van der Waals surface area contributed by atoms with Crippen LogP contribution in [0.1, 0.15) is 11.1 Å². The molecule has 9 rings (SSSR count). The van der Waals surface area contributed by atoms with Crippen LogP contribution in [0.15, 0.2) is 152 Å². The number of pyridine rings is 2. The second-order valence-corrected chi connectivity index (χ2v) is 14.5. The number of benzene rings is 5. The molecule has 1 aliphatic heterocycles. The molecule has 230 valence electrons. The Hall–Kier alpha value is -5.85. The lowest BCUT2D eigenvalue weighted by Crippen LogP contribution is -2.06. The molecule has 5 nitrogen and oxygen atoms in total. The molecule has 0 spiro atoms. The van der Waals surface area contributed by atoms with E-state index in [1.165, 1.54) is 10.8 Å². The summed E-state index contributed by atoms with van der Waals surface area (Å²) in [7, 11) is -3.40. The summed E-state index contributed by atoms with van der Waals surface area (Å²) < 4.78 is 29.4. The molecule has 0 radical (unpaired) electrons. The maximum atomic E-state index is 13.6. The molecule has 6 heteroatoms. The average molecular weight is 640 g/mol. The fraction of sp³-hybridized carbons (Fsp3) is 0.0476. The van der Waals surface area contributed by atoms with Crippen molar-refractivity contribution in [2.75, 3.05) is 0 Å². The van der Waals surface area contributed by atoms with Gasteiger partial charge in [-0.1, -0.05) is 66.7 Å². The summed E-state index contributed by atoms with van der Waals surface area (Å²) in [6.45, 7) is 0. The third-order valence-corrected chi connectivity index (χ3v) is 10.8. The van der Waals surface area contributed by atoms with Crippen molar-refractivity contribution in [1.82, 2.24) is 14.5 Å². The average Bonchev–Trinajstić information content (AvgIpc) is 3.40. The lowest BCUT2D eigenvalue weighted by atomic mass is 9.90. The van der Waals surface area contributed by atoms with Crippen molar-refractivity contribution < 1.29 is 8.42 Å². The van der Waals surface area contributed by atoms with E-state index < -0.39 is 9.84 Å². The van der Waals surface area contributed by atoms with Gasteiger partial charge in [-0.25, -0.2) is 8.42 Å². The van der Waals surface area contributed by atoms with E-state index in [0.29, 0.717) is 0 Å². The molecule has 0 saturated heterocycles. The first-order chi connectivity index (χ1) is 23.5. The second kappa shape index (κ2) is 11.1. The normalized spacial score (nSPS) is 13.6. The molecule has 48 heavy (non-hydrogen) atoms. The standard InChI is InChI=1S/C42H29N3O2S/c46-48(47)26-31-14-13-28(32-19-33(29-7-5-17-43-24-29)21-34(20-32)30-8-6-18-44-25-30)23-40(31)37-16-15-36(22-35(37)27-48)45-41-11-3-1-9-38(41)39-10-2-4-12-42(39)45/h1-25H,26-27H2. The quantitative estimate of drug-likeness (QED) is 0.192. The molecule has 0 saturated carbocycles. The number of para-hydroxylation sites is 2. The first kappa shape index (κ1) is 28.4. The van der Waals surface area contributed by atoms with Crippen LogP contribution in [0.3, 0.4) is 0 Å². The van der Waals surface area contributed by atoms with Crippen molar-refractivity contribution in [3.63, 3.8) is 0 Å². The summed E-state index contributed by atoms with van der Waals surface area (Å²) in [6.07, 6.45) is 7.30. The molecular weight excluding hydrogens is 611 g/mol. The molecular formula is C42H29N3O2S. The van der Waals surface area contributed by atoms with Crippen LogP contribution >= 0.6 is 0 Å². The van der Waals surface area contributed by atoms with Crippen LogP contribution in [0.25, 0.3) is 72.0 Å². The van der Waals surface area contributed by atoms with Gasteiger partial charge in [-0.15, -0.1) is 0 Å². The van der Waals surface area contributed by atoms with Gasteiger partial charge in [-0.3, -0.25) is 9.97 Å². The number of hydrogen-bond donors (Lipinski definition) is 0. The van der Waals surface area contributed by atoms with E-state index >= 15 is 0 Å². The first-order valence-corrected chi connectivity index (χ1v) is 17.7. The van der Waals surface area contributed by atoms with E-state index in [1.54, 1.807) is 12.4 Å². The van der Waals surface area contributed by atoms with Gasteiger partial charge in [-0.2, -0.15) is 0 Å². The summed E-state index contributed by atoms with van der Waals surface area (Å²) in [4.78, 5) is 8.72. The Balaban J connectivity index is 1.22. The molecule has 0 atom stereocenters. The molecule has 1 aliphatic rings. The lowest BCUT2D eigenvalue weighted by molar-refractivity contribution is 0.595. The molecule has 5 aromatic carbocycles. The Morgan fingerprint density at radius 1 is 0.479 bits per heavy atom. The number of rotatable bonds is 4. The third-order valence-electron chi connectivity index (χ3n) is 9.33. The zero-order chi connectivity index (χ0) is 32.2. The van der Waals surface area contributed by atoms with Crippen LogP contribution in [0.4, 0.5) is 0 Å². The molecule has 0 aliphatic carbocycles. The van der Waals surface area contributed by atoms with Gasteiger partial charge < -0.3 is 4.57 Å². The monoisotopic (exact) mass is 639 g/mol. The van der Waals surface area contributed by atoms with Crippen molar-refractivity contribution in [3.05, 3.63) is 163 Å². The highest BCUT2D eigenvalue weighted by Gasteiger charge is 2.25. The van der Waals surface area contributed by atoms with E-state index in [9.17, 15) is 8.42 Å². The van der Waals surface area contributed by atoms with Gasteiger partial charge in [-0.05, 0) is 105 Å². The predicted octanol–water partition coefficient (Wildman–Crippen LogP) is 9.67. The molecule has 0 fully saturated rings. The number of sulfone groups is 1. The van der Waals surface area contributed by atoms with Crippen molar-refractivity contribution >= 4 is 31.6 Å². The van der Waals surface area contributed by atoms with Crippen LogP contribution < -0.4 is 0 Å². The van der Waals surface area contributed by atoms with Crippen LogP contribution in [-0.2, 0) is 21.3 Å². The zero-order valence-corrected chi connectivity index (χ0v) is 26.7. The molecule has 0 unspecified atom stereocenters. The number of aromatic nitrogens is 3. The molecule has 0 bridgehead atoms. The van der Waals surface area contributed by atoms with Gasteiger partial charge in [0.15, 0.2) is 9.84 Å². The highest BCUT2D eigenvalue weighted by molar-refractivity contribution is 7.89. The Morgan fingerprint density at radius 3 is 1.67 bits per heavy atom. The van der Waals surface area contributed by atoms with Crippen molar-refractivity contribution in [3.8, 4) is 50.2 Å². The minimum Gasteiger partial charge on any atom is -0.309 e. The highest BCUT2D eigenvalue weighted by atomic mass is 32.2. The van der Waals surface area contributed by atoms with Gasteiger partial charge >= 0.3 is 0 Å².